The predicted octanol–water partition coefficient (Wildman–Crippen LogP) is 3.01. The van der Waals surface area contributed by atoms with Crippen LogP contribution in [0.15, 0.2) is 48.5 Å². The molecule has 26 heavy (non-hydrogen) atoms. The number of rotatable bonds is 5. The van der Waals surface area contributed by atoms with Crippen LogP contribution in [-0.4, -0.2) is 32.1 Å². The summed E-state index contributed by atoms with van der Waals surface area (Å²) in [6, 6.07) is 12.7. The van der Waals surface area contributed by atoms with Gasteiger partial charge in [0.2, 0.25) is 5.91 Å². The Morgan fingerprint density at radius 1 is 1.23 bits per heavy atom. The Morgan fingerprint density at radius 2 is 1.96 bits per heavy atom. The number of halogens is 1. The van der Waals surface area contributed by atoms with Gasteiger partial charge in [0, 0.05) is 31.1 Å². The van der Waals surface area contributed by atoms with Crippen LogP contribution in [0.5, 0.6) is 5.75 Å². The summed E-state index contributed by atoms with van der Waals surface area (Å²) >= 11 is 0. The van der Waals surface area contributed by atoms with Gasteiger partial charge in [0.15, 0.2) is 0 Å². The summed E-state index contributed by atoms with van der Waals surface area (Å²) in [6.45, 7) is 0.851. The minimum absolute atomic E-state index is 0.00373. The molecule has 3 amide bonds. The lowest BCUT2D eigenvalue weighted by Crippen LogP contribution is -2.34. The zero-order chi connectivity index (χ0) is 18.5. The maximum Gasteiger partial charge on any atom is 0.319 e. The summed E-state index contributed by atoms with van der Waals surface area (Å²) in [6.07, 6.45) is 0.353. The molecule has 1 aliphatic rings. The molecule has 136 valence electrons. The van der Waals surface area contributed by atoms with Gasteiger partial charge in [0.25, 0.3) is 0 Å². The minimum Gasteiger partial charge on any atom is -0.497 e. The average molecular weight is 357 g/mol. The number of benzene rings is 2. The van der Waals surface area contributed by atoms with Gasteiger partial charge in [-0.05, 0) is 36.4 Å². The van der Waals surface area contributed by atoms with Gasteiger partial charge < -0.3 is 20.3 Å². The number of methoxy groups -OCH3 is 1. The molecule has 2 N–H and O–H groups in total. The van der Waals surface area contributed by atoms with Gasteiger partial charge in [-0.2, -0.15) is 0 Å². The number of urea groups is 1. The van der Waals surface area contributed by atoms with E-state index in [1.54, 1.807) is 36.3 Å². The number of nitrogens with one attached hydrogen (secondary N) is 2. The molecule has 1 fully saturated rings. The number of carbonyl (C=O) groups is 2. The zero-order valence-electron chi connectivity index (χ0n) is 14.4. The van der Waals surface area contributed by atoms with Crippen LogP contribution in [0.3, 0.4) is 0 Å². The van der Waals surface area contributed by atoms with Gasteiger partial charge in [-0.15, -0.1) is 0 Å². The molecule has 6 nitrogen and oxygen atoms in total. The molecular formula is C19H20FN3O3. The summed E-state index contributed by atoms with van der Waals surface area (Å²) in [5.74, 6) is 0.236. The Kier molecular flexibility index (Phi) is 5.36. The van der Waals surface area contributed by atoms with Crippen molar-refractivity contribution in [1.29, 1.82) is 0 Å². The molecule has 3 rings (SSSR count). The molecule has 1 aliphatic heterocycles. The van der Waals surface area contributed by atoms with Gasteiger partial charge in [-0.25, -0.2) is 9.18 Å². The van der Waals surface area contributed by atoms with Crippen molar-refractivity contribution in [1.82, 2.24) is 5.32 Å². The first-order chi connectivity index (χ1) is 12.6. The van der Waals surface area contributed by atoms with Crippen molar-refractivity contribution in [3.8, 4) is 5.75 Å². The van der Waals surface area contributed by atoms with Crippen molar-refractivity contribution in [3.63, 3.8) is 0 Å². The number of anilines is 2. The van der Waals surface area contributed by atoms with Crippen LogP contribution in [0.4, 0.5) is 20.6 Å². The third kappa shape index (κ3) is 4.11. The highest BCUT2D eigenvalue weighted by molar-refractivity contribution is 5.96. The van der Waals surface area contributed by atoms with Crippen LogP contribution in [-0.2, 0) is 4.79 Å². The van der Waals surface area contributed by atoms with E-state index in [-0.39, 0.29) is 17.5 Å². The lowest BCUT2D eigenvalue weighted by molar-refractivity contribution is -0.117. The van der Waals surface area contributed by atoms with Gasteiger partial charge in [-0.3, -0.25) is 4.79 Å². The number of para-hydroxylation sites is 1. The van der Waals surface area contributed by atoms with E-state index >= 15 is 0 Å². The highest BCUT2D eigenvalue weighted by atomic mass is 19.1. The van der Waals surface area contributed by atoms with Crippen molar-refractivity contribution in [3.05, 3.63) is 54.3 Å². The second-order valence-corrected chi connectivity index (χ2v) is 6.09. The number of nitrogens with zero attached hydrogens (tertiary/aromatic N) is 1. The molecule has 2 aromatic rings. The lowest BCUT2D eigenvalue weighted by atomic mass is 10.1. The number of hydrogen-bond donors (Lipinski definition) is 2. The molecule has 1 heterocycles. The molecule has 0 spiro atoms. The predicted molar refractivity (Wildman–Crippen MR) is 96.9 cm³/mol. The van der Waals surface area contributed by atoms with Crippen molar-refractivity contribution in [2.45, 2.75) is 6.42 Å². The van der Waals surface area contributed by atoms with Crippen molar-refractivity contribution >= 4 is 23.3 Å². The van der Waals surface area contributed by atoms with Gasteiger partial charge in [0.05, 0.1) is 12.8 Å². The van der Waals surface area contributed by atoms with Crippen LogP contribution in [0.25, 0.3) is 0 Å². The summed E-state index contributed by atoms with van der Waals surface area (Å²) in [4.78, 5) is 25.9. The lowest BCUT2D eigenvalue weighted by Gasteiger charge is -2.17. The van der Waals surface area contributed by atoms with Crippen LogP contribution in [0.1, 0.15) is 6.42 Å². The first kappa shape index (κ1) is 17.7. The zero-order valence-corrected chi connectivity index (χ0v) is 14.4. The first-order valence-corrected chi connectivity index (χ1v) is 8.30. The Bertz CT molecular complexity index is 795. The van der Waals surface area contributed by atoms with Gasteiger partial charge in [-0.1, -0.05) is 12.1 Å². The second kappa shape index (κ2) is 7.86. The standard InChI is InChI=1S/C19H20FN3O3/c1-26-15-8-6-14(7-9-15)23-12-13(10-18(23)24)11-21-19(25)22-17-5-3-2-4-16(17)20/h2-9,13H,10-12H2,1H3,(H2,21,22,25)/t13-/m0/s1. The third-order valence-corrected chi connectivity index (χ3v) is 4.26. The Labute approximate surface area is 150 Å². The molecule has 0 radical (unpaired) electrons. The van der Waals surface area contributed by atoms with Crippen LogP contribution in [0.2, 0.25) is 0 Å². The first-order valence-electron chi connectivity index (χ1n) is 8.30. The maximum atomic E-state index is 13.5. The number of amides is 3. The highest BCUT2D eigenvalue weighted by Gasteiger charge is 2.30. The monoisotopic (exact) mass is 357 g/mol. The molecule has 2 aromatic carbocycles. The fourth-order valence-corrected chi connectivity index (χ4v) is 2.90. The Balaban J connectivity index is 1.52. The van der Waals surface area contributed by atoms with Crippen molar-refractivity contribution < 1.29 is 18.7 Å². The van der Waals surface area contributed by atoms with Crippen molar-refractivity contribution in [2.24, 2.45) is 5.92 Å². The molecule has 0 saturated carbocycles. The van der Waals surface area contributed by atoms with E-state index in [1.165, 1.54) is 12.1 Å². The quantitative estimate of drug-likeness (QED) is 0.864. The topological polar surface area (TPSA) is 70.7 Å². The number of carbonyl (C=O) groups excluding carboxylic acids is 2. The fourth-order valence-electron chi connectivity index (χ4n) is 2.90. The number of ether oxygens (including phenoxy) is 1. The van der Waals surface area contributed by atoms with Gasteiger partial charge in [0.1, 0.15) is 11.6 Å². The Hall–Kier alpha value is -3.09. The minimum atomic E-state index is -0.496. The SMILES string of the molecule is COc1ccc(N2C[C@H](CNC(=O)Nc3ccccc3F)CC2=O)cc1. The normalized spacial score (nSPS) is 16.5. The van der Waals surface area contributed by atoms with E-state index in [0.717, 1.165) is 11.4 Å². The third-order valence-electron chi connectivity index (χ3n) is 4.26. The molecule has 0 unspecified atom stereocenters. The van der Waals surface area contributed by atoms with E-state index < -0.39 is 11.8 Å². The molecule has 1 saturated heterocycles. The summed E-state index contributed by atoms with van der Waals surface area (Å²) in [5, 5.41) is 5.16. The van der Waals surface area contributed by atoms with E-state index in [9.17, 15) is 14.0 Å². The van der Waals surface area contributed by atoms with Crippen LogP contribution < -0.4 is 20.3 Å². The maximum absolute atomic E-state index is 13.5. The van der Waals surface area contributed by atoms with Crippen LogP contribution in [0, 0.1) is 11.7 Å². The summed E-state index contributed by atoms with van der Waals surface area (Å²) in [7, 11) is 1.59. The van der Waals surface area contributed by atoms with Gasteiger partial charge >= 0.3 is 6.03 Å². The second-order valence-electron chi connectivity index (χ2n) is 6.09. The smallest absolute Gasteiger partial charge is 0.319 e. The van der Waals surface area contributed by atoms with Crippen molar-refractivity contribution in [2.75, 3.05) is 30.4 Å². The van der Waals surface area contributed by atoms with E-state index in [0.29, 0.717) is 19.5 Å². The van der Waals surface area contributed by atoms with E-state index in [1.807, 2.05) is 12.1 Å². The Morgan fingerprint density at radius 3 is 2.65 bits per heavy atom. The molecule has 0 bridgehead atoms. The largest absolute Gasteiger partial charge is 0.497 e. The molecule has 0 aromatic heterocycles. The summed E-state index contributed by atoms with van der Waals surface area (Å²) in [5.41, 5.74) is 0.918. The van der Waals surface area contributed by atoms with E-state index in [2.05, 4.69) is 10.6 Å². The van der Waals surface area contributed by atoms with Crippen LogP contribution >= 0.6 is 0 Å². The van der Waals surface area contributed by atoms with E-state index in [4.69, 9.17) is 4.74 Å². The molecule has 1 atom stereocenters. The highest BCUT2D eigenvalue weighted by Crippen LogP contribution is 2.26. The summed E-state index contributed by atoms with van der Waals surface area (Å²) < 4.78 is 18.7. The average Bonchev–Trinajstić information content (AvgIpc) is 3.03. The fraction of sp³-hybridized carbons (Fsp3) is 0.263. The molecule has 7 heteroatoms. The molecular weight excluding hydrogens is 337 g/mol. The number of hydrogen-bond acceptors (Lipinski definition) is 3. The molecule has 0 aliphatic carbocycles.